The molecule has 1 aromatic rings. The number of ether oxygens (including phenoxy) is 1. The Kier molecular flexibility index (Phi) is 5.33. The molecule has 0 unspecified atom stereocenters. The van der Waals surface area contributed by atoms with Crippen LogP contribution >= 0.6 is 0 Å². The lowest BCUT2D eigenvalue weighted by atomic mass is 10.1. The van der Waals surface area contributed by atoms with Crippen molar-refractivity contribution in [1.82, 2.24) is 5.32 Å². The van der Waals surface area contributed by atoms with Crippen LogP contribution in [0.25, 0.3) is 0 Å². The molecule has 2 rings (SSSR count). The number of hydrogen-bond donors (Lipinski definition) is 1. The number of sulfone groups is 1. The van der Waals surface area contributed by atoms with E-state index in [-0.39, 0.29) is 18.0 Å². The number of hydrogen-bond acceptors (Lipinski definition) is 4. The first-order chi connectivity index (χ1) is 10.3. The largest absolute Gasteiger partial charge is 0.434 e. The van der Waals surface area contributed by atoms with Gasteiger partial charge in [0, 0.05) is 24.2 Å². The smallest absolute Gasteiger partial charge is 0.387 e. The van der Waals surface area contributed by atoms with E-state index in [1.54, 1.807) is 6.92 Å². The van der Waals surface area contributed by atoms with Crippen LogP contribution in [0, 0.1) is 5.82 Å². The average molecular weight is 337 g/mol. The van der Waals surface area contributed by atoms with Crippen molar-refractivity contribution >= 4 is 9.84 Å². The molecule has 1 aliphatic heterocycles. The summed E-state index contributed by atoms with van der Waals surface area (Å²) < 4.78 is 65.8. The first-order valence-electron chi connectivity index (χ1n) is 6.99. The van der Waals surface area contributed by atoms with Gasteiger partial charge in [-0.1, -0.05) is 6.07 Å². The lowest BCUT2D eigenvalue weighted by molar-refractivity contribution is -0.0508. The summed E-state index contributed by atoms with van der Waals surface area (Å²) in [5, 5.41) is 2.54. The SMILES string of the molecule is C[C@@H](NC[C@@H]1CCCS1(=O)=O)c1ccc(F)cc1OC(F)F. The van der Waals surface area contributed by atoms with Crippen LogP contribution in [0.2, 0.25) is 0 Å². The van der Waals surface area contributed by atoms with E-state index in [1.165, 1.54) is 6.07 Å². The Morgan fingerprint density at radius 1 is 1.41 bits per heavy atom. The number of halogens is 3. The van der Waals surface area contributed by atoms with Crippen LogP contribution in [0.5, 0.6) is 5.75 Å². The van der Waals surface area contributed by atoms with Gasteiger partial charge in [0.15, 0.2) is 9.84 Å². The normalized spacial score (nSPS) is 22.0. The van der Waals surface area contributed by atoms with Crippen LogP contribution in [0.3, 0.4) is 0 Å². The van der Waals surface area contributed by atoms with E-state index in [4.69, 9.17) is 0 Å². The molecule has 1 heterocycles. The van der Waals surface area contributed by atoms with Crippen molar-refractivity contribution in [2.24, 2.45) is 0 Å². The van der Waals surface area contributed by atoms with Crippen molar-refractivity contribution in [2.75, 3.05) is 12.3 Å². The fourth-order valence-electron chi connectivity index (χ4n) is 2.57. The Balaban J connectivity index is 2.07. The summed E-state index contributed by atoms with van der Waals surface area (Å²) in [6.07, 6.45) is 1.23. The molecule has 8 heteroatoms. The standard InChI is InChI=1S/C14H18F3NO3S/c1-9(18-8-11-3-2-6-22(11,19)20)12-5-4-10(15)7-13(12)21-14(16)17/h4-5,7,9,11,14,18H,2-3,6,8H2,1H3/t9-,11+/m1/s1. The summed E-state index contributed by atoms with van der Waals surface area (Å²) in [6.45, 7) is -1.13. The van der Waals surface area contributed by atoms with E-state index in [0.717, 1.165) is 12.1 Å². The molecular formula is C14H18F3NO3S. The Hall–Kier alpha value is -1.28. The number of alkyl halides is 2. The van der Waals surface area contributed by atoms with Crippen molar-refractivity contribution in [3.8, 4) is 5.75 Å². The predicted octanol–water partition coefficient (Wildman–Crippen LogP) is 2.65. The third-order valence-corrected chi connectivity index (χ3v) is 6.05. The molecule has 0 spiro atoms. The lowest BCUT2D eigenvalue weighted by Gasteiger charge is -2.20. The van der Waals surface area contributed by atoms with E-state index in [9.17, 15) is 21.6 Å². The summed E-state index contributed by atoms with van der Waals surface area (Å²) >= 11 is 0. The van der Waals surface area contributed by atoms with Crippen LogP contribution in [-0.4, -0.2) is 32.6 Å². The van der Waals surface area contributed by atoms with Gasteiger partial charge in [0.05, 0.1) is 11.0 Å². The molecule has 4 nitrogen and oxygen atoms in total. The van der Waals surface area contributed by atoms with Gasteiger partial charge in [-0.05, 0) is 25.8 Å². The molecule has 0 aromatic heterocycles. The molecule has 2 atom stereocenters. The van der Waals surface area contributed by atoms with E-state index < -0.39 is 33.6 Å². The zero-order chi connectivity index (χ0) is 16.3. The molecule has 1 N–H and O–H groups in total. The number of rotatable bonds is 6. The topological polar surface area (TPSA) is 55.4 Å². The molecule has 22 heavy (non-hydrogen) atoms. The molecule has 0 bridgehead atoms. The summed E-state index contributed by atoms with van der Waals surface area (Å²) in [5.74, 6) is -0.737. The first kappa shape index (κ1) is 17.1. The van der Waals surface area contributed by atoms with Gasteiger partial charge >= 0.3 is 6.61 Å². The highest BCUT2D eigenvalue weighted by Crippen LogP contribution is 2.28. The van der Waals surface area contributed by atoms with Gasteiger partial charge < -0.3 is 10.1 Å². The first-order valence-corrected chi connectivity index (χ1v) is 8.70. The van der Waals surface area contributed by atoms with Crippen LogP contribution in [0.15, 0.2) is 18.2 Å². The van der Waals surface area contributed by atoms with Crippen molar-refractivity contribution < 1.29 is 26.3 Å². The van der Waals surface area contributed by atoms with Crippen molar-refractivity contribution in [2.45, 2.75) is 37.7 Å². The van der Waals surface area contributed by atoms with E-state index in [1.807, 2.05) is 0 Å². The maximum absolute atomic E-state index is 13.2. The average Bonchev–Trinajstić information content (AvgIpc) is 2.74. The van der Waals surface area contributed by atoms with Gasteiger partial charge in [-0.15, -0.1) is 0 Å². The quantitative estimate of drug-likeness (QED) is 0.867. The zero-order valence-electron chi connectivity index (χ0n) is 12.1. The van der Waals surface area contributed by atoms with Crippen molar-refractivity contribution in [3.05, 3.63) is 29.6 Å². The second-order valence-electron chi connectivity index (χ2n) is 5.32. The second-order valence-corrected chi connectivity index (χ2v) is 7.72. The van der Waals surface area contributed by atoms with Crippen LogP contribution < -0.4 is 10.1 Å². The van der Waals surface area contributed by atoms with Crippen LogP contribution in [-0.2, 0) is 9.84 Å². The zero-order valence-corrected chi connectivity index (χ0v) is 12.9. The van der Waals surface area contributed by atoms with Gasteiger partial charge in [0.2, 0.25) is 0 Å². The Morgan fingerprint density at radius 2 is 2.14 bits per heavy atom. The third-order valence-electron chi connectivity index (χ3n) is 3.77. The maximum atomic E-state index is 13.2. The number of benzene rings is 1. The highest BCUT2D eigenvalue weighted by Gasteiger charge is 2.31. The van der Waals surface area contributed by atoms with Gasteiger partial charge in [0.25, 0.3) is 0 Å². The Bertz CT molecular complexity index is 622. The Morgan fingerprint density at radius 3 is 2.73 bits per heavy atom. The van der Waals surface area contributed by atoms with Crippen LogP contribution in [0.1, 0.15) is 31.4 Å². The van der Waals surface area contributed by atoms with Crippen LogP contribution in [0.4, 0.5) is 13.2 Å². The van der Waals surface area contributed by atoms with Gasteiger partial charge in [0.1, 0.15) is 11.6 Å². The van der Waals surface area contributed by atoms with E-state index in [2.05, 4.69) is 10.1 Å². The molecular weight excluding hydrogens is 319 g/mol. The lowest BCUT2D eigenvalue weighted by Crippen LogP contribution is -2.32. The molecule has 0 radical (unpaired) electrons. The summed E-state index contributed by atoms with van der Waals surface area (Å²) in [4.78, 5) is 0. The highest BCUT2D eigenvalue weighted by atomic mass is 32.2. The minimum absolute atomic E-state index is 0.185. The fourth-order valence-corrected chi connectivity index (χ4v) is 4.35. The predicted molar refractivity (Wildman–Crippen MR) is 76.3 cm³/mol. The molecule has 1 aromatic carbocycles. The van der Waals surface area contributed by atoms with Gasteiger partial charge in [-0.25, -0.2) is 12.8 Å². The van der Waals surface area contributed by atoms with E-state index >= 15 is 0 Å². The van der Waals surface area contributed by atoms with E-state index in [0.29, 0.717) is 18.4 Å². The molecule has 124 valence electrons. The minimum atomic E-state index is -3.07. The third kappa shape index (κ3) is 4.13. The van der Waals surface area contributed by atoms with Crippen molar-refractivity contribution in [3.63, 3.8) is 0 Å². The molecule has 1 aliphatic rings. The highest BCUT2D eigenvalue weighted by molar-refractivity contribution is 7.92. The van der Waals surface area contributed by atoms with Gasteiger partial charge in [-0.2, -0.15) is 8.78 Å². The molecule has 1 fully saturated rings. The fraction of sp³-hybridized carbons (Fsp3) is 0.571. The molecule has 0 amide bonds. The summed E-state index contributed by atoms with van der Waals surface area (Å²) in [5.41, 5.74) is 0.358. The number of nitrogens with one attached hydrogen (secondary N) is 1. The van der Waals surface area contributed by atoms with Gasteiger partial charge in [-0.3, -0.25) is 0 Å². The Labute approximate surface area is 127 Å². The van der Waals surface area contributed by atoms with Crippen molar-refractivity contribution in [1.29, 1.82) is 0 Å². The minimum Gasteiger partial charge on any atom is -0.434 e. The summed E-state index contributed by atoms with van der Waals surface area (Å²) in [6, 6.07) is 2.96. The maximum Gasteiger partial charge on any atom is 0.387 e. The molecule has 0 saturated carbocycles. The molecule has 0 aliphatic carbocycles. The second kappa shape index (κ2) is 6.87. The monoisotopic (exact) mass is 337 g/mol. The molecule has 1 saturated heterocycles. The summed E-state index contributed by atoms with van der Waals surface area (Å²) in [7, 11) is -3.07.